The zero-order valence-electron chi connectivity index (χ0n) is 13.5. The van der Waals surface area contributed by atoms with Crippen molar-refractivity contribution in [3.05, 3.63) is 11.2 Å². The lowest BCUT2D eigenvalue weighted by atomic mass is 10.2. The van der Waals surface area contributed by atoms with E-state index in [9.17, 15) is 14.7 Å². The molecule has 0 spiro atoms. The summed E-state index contributed by atoms with van der Waals surface area (Å²) in [6, 6.07) is 1.58. The molecular weight excluding hydrogens is 354 g/mol. The van der Waals surface area contributed by atoms with Gasteiger partial charge in [0.05, 0.1) is 5.97 Å². The molecule has 1 fully saturated rings. The number of amides is 2. The van der Waals surface area contributed by atoms with Crippen molar-refractivity contribution in [3.63, 3.8) is 0 Å². The molecule has 0 bridgehead atoms. The molecule has 1 aliphatic heterocycles. The number of rotatable bonds is 5. The van der Waals surface area contributed by atoms with Crippen LogP contribution in [0.3, 0.4) is 0 Å². The molecule has 0 aliphatic carbocycles. The van der Waals surface area contributed by atoms with Gasteiger partial charge in [0.15, 0.2) is 5.16 Å². The van der Waals surface area contributed by atoms with Crippen LogP contribution in [0.4, 0.5) is 10.6 Å². The molecular formula is C14H19ClN5O3S-. The molecule has 2 amide bonds. The number of aromatic nitrogens is 2. The van der Waals surface area contributed by atoms with Crippen molar-refractivity contribution in [2.75, 3.05) is 36.8 Å². The lowest BCUT2D eigenvalue weighted by molar-refractivity contribution is -0.301. The van der Waals surface area contributed by atoms with Crippen LogP contribution in [-0.4, -0.2) is 64.8 Å². The van der Waals surface area contributed by atoms with Gasteiger partial charge in [-0.2, -0.15) is 0 Å². The molecule has 1 saturated heterocycles. The Morgan fingerprint density at radius 3 is 2.83 bits per heavy atom. The zero-order chi connectivity index (χ0) is 17.7. The van der Waals surface area contributed by atoms with Crippen LogP contribution >= 0.6 is 23.4 Å². The third-order valence-corrected chi connectivity index (χ3v) is 4.53. The summed E-state index contributed by atoms with van der Waals surface area (Å²) in [5, 5.41) is 13.9. The van der Waals surface area contributed by atoms with E-state index in [-0.39, 0.29) is 23.0 Å². The quantitative estimate of drug-likeness (QED) is 0.448. The highest BCUT2D eigenvalue weighted by Gasteiger charge is 2.28. The summed E-state index contributed by atoms with van der Waals surface area (Å²) in [5.74, 6) is -0.797. The summed E-state index contributed by atoms with van der Waals surface area (Å²) in [6.07, 6.45) is 0. The van der Waals surface area contributed by atoms with Crippen molar-refractivity contribution in [3.8, 4) is 0 Å². The van der Waals surface area contributed by atoms with Crippen molar-refractivity contribution < 1.29 is 14.7 Å². The summed E-state index contributed by atoms with van der Waals surface area (Å²) >= 11 is 6.98. The maximum atomic E-state index is 12.0. The second-order valence-electron chi connectivity index (χ2n) is 5.32. The topological polar surface area (TPSA) is 101 Å². The third-order valence-electron chi connectivity index (χ3n) is 3.52. The number of carboxylic acid groups (broad SMARTS) is 1. The van der Waals surface area contributed by atoms with E-state index in [4.69, 9.17) is 11.6 Å². The van der Waals surface area contributed by atoms with Crippen LogP contribution in [0.1, 0.15) is 13.8 Å². The largest absolute Gasteiger partial charge is 0.549 e. The number of halogens is 1. The maximum absolute atomic E-state index is 12.0. The first-order valence-corrected chi connectivity index (χ1v) is 8.93. The average Bonchev–Trinajstić information content (AvgIpc) is 2.52. The molecule has 1 aliphatic rings. The second-order valence-corrected chi connectivity index (χ2v) is 6.65. The van der Waals surface area contributed by atoms with Crippen LogP contribution in [-0.2, 0) is 4.79 Å². The van der Waals surface area contributed by atoms with Crippen molar-refractivity contribution in [2.45, 2.75) is 25.0 Å². The van der Waals surface area contributed by atoms with Crippen LogP contribution in [0.5, 0.6) is 0 Å². The Hall–Kier alpha value is -1.74. The van der Waals surface area contributed by atoms with E-state index in [1.165, 1.54) is 0 Å². The van der Waals surface area contributed by atoms with E-state index >= 15 is 0 Å². The number of hydrogen-bond donors (Lipinski definition) is 1. The minimum atomic E-state index is -1.19. The van der Waals surface area contributed by atoms with Crippen molar-refractivity contribution in [2.24, 2.45) is 0 Å². The Morgan fingerprint density at radius 2 is 2.21 bits per heavy atom. The lowest BCUT2D eigenvalue weighted by Gasteiger charge is -2.40. The van der Waals surface area contributed by atoms with Gasteiger partial charge in [-0.15, -0.1) is 0 Å². The van der Waals surface area contributed by atoms with Crippen LogP contribution in [0, 0.1) is 0 Å². The summed E-state index contributed by atoms with van der Waals surface area (Å²) in [7, 11) is 0. The van der Waals surface area contributed by atoms with Crippen molar-refractivity contribution in [1.29, 1.82) is 0 Å². The van der Waals surface area contributed by atoms with E-state index in [0.29, 0.717) is 37.2 Å². The van der Waals surface area contributed by atoms with E-state index in [0.717, 1.165) is 11.8 Å². The van der Waals surface area contributed by atoms with E-state index in [1.54, 1.807) is 11.0 Å². The monoisotopic (exact) mass is 372 g/mol. The maximum Gasteiger partial charge on any atom is 0.317 e. The number of nitrogens with zero attached hydrogens (tertiary/aromatic N) is 4. The van der Waals surface area contributed by atoms with Gasteiger partial charge in [0.1, 0.15) is 11.0 Å². The first-order valence-electron chi connectivity index (χ1n) is 7.57. The molecule has 1 atom stereocenters. The predicted molar refractivity (Wildman–Crippen MR) is 90.2 cm³/mol. The van der Waals surface area contributed by atoms with Crippen molar-refractivity contribution >= 4 is 41.2 Å². The molecule has 24 heavy (non-hydrogen) atoms. The summed E-state index contributed by atoms with van der Waals surface area (Å²) in [6.45, 7) is 6.22. The SMILES string of the molecule is CCNC(=O)N1CCN(c2cc(Cl)nc(SCC(=O)[O-])n2)C[C@H]1C. The highest BCUT2D eigenvalue weighted by molar-refractivity contribution is 7.99. The summed E-state index contributed by atoms with van der Waals surface area (Å²) in [4.78, 5) is 34.7. The van der Waals surface area contributed by atoms with Gasteiger partial charge in [-0.25, -0.2) is 14.8 Å². The number of carbonyl (C=O) groups is 2. The number of carbonyl (C=O) groups excluding carboxylic acids is 2. The number of nitrogens with one attached hydrogen (secondary N) is 1. The van der Waals surface area contributed by atoms with Crippen LogP contribution in [0.25, 0.3) is 0 Å². The number of urea groups is 1. The minimum absolute atomic E-state index is 0.0124. The fraction of sp³-hybridized carbons (Fsp3) is 0.571. The smallest absolute Gasteiger partial charge is 0.317 e. The number of hydrogen-bond acceptors (Lipinski definition) is 7. The van der Waals surface area contributed by atoms with Crippen molar-refractivity contribution in [1.82, 2.24) is 20.2 Å². The highest BCUT2D eigenvalue weighted by Crippen LogP contribution is 2.23. The third kappa shape index (κ3) is 4.88. The van der Waals surface area contributed by atoms with E-state index < -0.39 is 5.97 Å². The van der Waals surface area contributed by atoms with Gasteiger partial charge >= 0.3 is 6.03 Å². The summed E-state index contributed by atoms with van der Waals surface area (Å²) < 4.78 is 0. The fourth-order valence-corrected chi connectivity index (χ4v) is 3.25. The Morgan fingerprint density at radius 1 is 1.46 bits per heavy atom. The number of piperazine rings is 1. The van der Waals surface area contributed by atoms with E-state index in [1.807, 2.05) is 18.7 Å². The van der Waals surface area contributed by atoms with Crippen LogP contribution in [0.15, 0.2) is 11.2 Å². The number of aliphatic carboxylic acids is 1. The zero-order valence-corrected chi connectivity index (χ0v) is 15.1. The minimum Gasteiger partial charge on any atom is -0.549 e. The first-order chi connectivity index (χ1) is 11.4. The Bertz CT molecular complexity index is 618. The van der Waals surface area contributed by atoms with Crippen LogP contribution in [0.2, 0.25) is 5.15 Å². The van der Waals surface area contributed by atoms with Crippen LogP contribution < -0.4 is 15.3 Å². The normalized spacial score (nSPS) is 17.7. The number of anilines is 1. The molecule has 0 unspecified atom stereocenters. The molecule has 1 aromatic rings. The molecule has 8 nitrogen and oxygen atoms in total. The molecule has 0 radical (unpaired) electrons. The standard InChI is InChI=1S/C14H20ClN5O3S/c1-3-16-14(23)20-5-4-19(7-9(20)2)11-6-10(15)17-13(18-11)24-8-12(21)22/h6,9H,3-5,7-8H2,1-2H3,(H,16,23)(H,21,22)/p-1/t9-/m1/s1. The van der Waals surface area contributed by atoms with Gasteiger partial charge in [-0.3, -0.25) is 0 Å². The Labute approximate surface area is 149 Å². The lowest BCUT2D eigenvalue weighted by Crippen LogP contribution is -2.56. The van der Waals surface area contributed by atoms with E-state index in [2.05, 4.69) is 15.3 Å². The van der Waals surface area contributed by atoms with Gasteiger partial charge in [0, 0.05) is 44.0 Å². The summed E-state index contributed by atoms with van der Waals surface area (Å²) in [5.41, 5.74) is 0. The van der Waals surface area contributed by atoms with Gasteiger partial charge in [0.25, 0.3) is 0 Å². The molecule has 2 heterocycles. The first kappa shape index (κ1) is 18.6. The number of thioether (sulfide) groups is 1. The molecule has 0 aromatic carbocycles. The molecule has 1 N–H and O–H groups in total. The molecule has 132 valence electrons. The molecule has 0 saturated carbocycles. The molecule has 10 heteroatoms. The average molecular weight is 373 g/mol. The molecule has 2 rings (SSSR count). The van der Waals surface area contributed by atoms with Gasteiger partial charge in [-0.05, 0) is 13.8 Å². The van der Waals surface area contributed by atoms with Gasteiger partial charge < -0.3 is 25.0 Å². The Kier molecular flexibility index (Phi) is 6.50. The Balaban J connectivity index is 2.07. The predicted octanol–water partition coefficient (Wildman–Crippen LogP) is 0.212. The highest BCUT2D eigenvalue weighted by atomic mass is 35.5. The molecule has 1 aromatic heterocycles. The number of carboxylic acids is 1. The fourth-order valence-electron chi connectivity index (χ4n) is 2.46. The van der Waals surface area contributed by atoms with Gasteiger partial charge in [0.2, 0.25) is 0 Å². The second kappa shape index (κ2) is 8.39. The van der Waals surface area contributed by atoms with Gasteiger partial charge in [-0.1, -0.05) is 23.4 Å².